The first-order valence-corrected chi connectivity index (χ1v) is 7.66. The van der Waals surface area contributed by atoms with Gasteiger partial charge in [0.1, 0.15) is 0 Å². The third kappa shape index (κ3) is 10.8. The van der Waals surface area contributed by atoms with E-state index in [1.807, 2.05) is 0 Å². The molecule has 1 amide bonds. The maximum Gasteiger partial charge on any atom is 0.303 e. The Balaban J connectivity index is 3.60. The molecule has 4 N–H and O–H groups in total. The van der Waals surface area contributed by atoms with Crippen molar-refractivity contribution in [2.24, 2.45) is 17.6 Å². The second-order valence-electron chi connectivity index (χ2n) is 5.67. The number of rotatable bonds is 12. The summed E-state index contributed by atoms with van der Waals surface area (Å²) in [6.07, 6.45) is 4.99. The fraction of sp³-hybridized carbons (Fsp3) is 0.867. The Morgan fingerprint density at radius 3 is 2.35 bits per heavy atom. The molecule has 0 heterocycles. The molecular weight excluding hydrogens is 256 g/mol. The van der Waals surface area contributed by atoms with Crippen molar-refractivity contribution < 1.29 is 14.7 Å². The van der Waals surface area contributed by atoms with Crippen LogP contribution < -0.4 is 11.1 Å². The quantitative estimate of drug-likeness (QED) is 0.479. The van der Waals surface area contributed by atoms with Crippen molar-refractivity contribution >= 4 is 11.9 Å². The smallest absolute Gasteiger partial charge is 0.303 e. The molecule has 0 aliphatic rings. The van der Waals surface area contributed by atoms with E-state index in [0.29, 0.717) is 37.8 Å². The first kappa shape index (κ1) is 18.9. The van der Waals surface area contributed by atoms with Crippen LogP contribution in [0, 0.1) is 11.8 Å². The summed E-state index contributed by atoms with van der Waals surface area (Å²) in [5.74, 6) is 0.406. The standard InChI is InChI=1S/C15H30N2O3/c1-12(2)13(9-10-16)7-8-14(18)17-11-5-3-4-6-15(19)20/h12-13H,3-11,16H2,1-2H3,(H,17,18)(H,19,20). The lowest BCUT2D eigenvalue weighted by atomic mass is 9.88. The summed E-state index contributed by atoms with van der Waals surface area (Å²) in [7, 11) is 0. The number of amides is 1. The Hall–Kier alpha value is -1.10. The molecular formula is C15H30N2O3. The molecule has 0 aliphatic heterocycles. The van der Waals surface area contributed by atoms with Gasteiger partial charge in [0, 0.05) is 19.4 Å². The van der Waals surface area contributed by atoms with Gasteiger partial charge in [0.25, 0.3) is 0 Å². The van der Waals surface area contributed by atoms with Crippen LogP contribution in [0.3, 0.4) is 0 Å². The van der Waals surface area contributed by atoms with Crippen LogP contribution in [0.1, 0.15) is 58.8 Å². The van der Waals surface area contributed by atoms with Gasteiger partial charge in [-0.3, -0.25) is 9.59 Å². The lowest BCUT2D eigenvalue weighted by Gasteiger charge is -2.19. The molecule has 118 valence electrons. The highest BCUT2D eigenvalue weighted by atomic mass is 16.4. The molecule has 0 fully saturated rings. The van der Waals surface area contributed by atoms with Gasteiger partial charge < -0.3 is 16.2 Å². The van der Waals surface area contributed by atoms with Crippen molar-refractivity contribution in [2.75, 3.05) is 13.1 Å². The van der Waals surface area contributed by atoms with Gasteiger partial charge in [-0.05, 0) is 44.1 Å². The lowest BCUT2D eigenvalue weighted by molar-refractivity contribution is -0.137. The fourth-order valence-electron chi connectivity index (χ4n) is 2.24. The number of carboxylic acids is 1. The van der Waals surface area contributed by atoms with E-state index in [2.05, 4.69) is 19.2 Å². The number of hydrogen-bond donors (Lipinski definition) is 3. The van der Waals surface area contributed by atoms with Gasteiger partial charge in [-0.1, -0.05) is 20.3 Å². The van der Waals surface area contributed by atoms with Crippen LogP contribution in [-0.4, -0.2) is 30.1 Å². The molecule has 5 heteroatoms. The molecule has 5 nitrogen and oxygen atoms in total. The zero-order chi connectivity index (χ0) is 15.4. The summed E-state index contributed by atoms with van der Waals surface area (Å²) in [6.45, 7) is 5.65. The van der Waals surface area contributed by atoms with Crippen molar-refractivity contribution in [3.8, 4) is 0 Å². The predicted octanol–water partition coefficient (Wildman–Crippen LogP) is 2.15. The monoisotopic (exact) mass is 286 g/mol. The lowest BCUT2D eigenvalue weighted by Crippen LogP contribution is -2.25. The van der Waals surface area contributed by atoms with E-state index in [0.717, 1.165) is 25.7 Å². The molecule has 0 spiro atoms. The van der Waals surface area contributed by atoms with Crippen molar-refractivity contribution in [3.05, 3.63) is 0 Å². The molecule has 0 aliphatic carbocycles. The summed E-state index contributed by atoms with van der Waals surface area (Å²) in [6, 6.07) is 0. The second-order valence-corrected chi connectivity index (χ2v) is 5.67. The Morgan fingerprint density at radius 1 is 1.10 bits per heavy atom. The third-order valence-electron chi connectivity index (χ3n) is 3.61. The van der Waals surface area contributed by atoms with Gasteiger partial charge in [-0.2, -0.15) is 0 Å². The Bertz CT molecular complexity index is 280. The first-order chi connectivity index (χ1) is 9.47. The van der Waals surface area contributed by atoms with Crippen LogP contribution in [0.25, 0.3) is 0 Å². The van der Waals surface area contributed by atoms with Gasteiger partial charge in [0.15, 0.2) is 0 Å². The van der Waals surface area contributed by atoms with Crippen molar-refractivity contribution in [1.29, 1.82) is 0 Å². The molecule has 20 heavy (non-hydrogen) atoms. The van der Waals surface area contributed by atoms with Crippen LogP contribution in [0.15, 0.2) is 0 Å². The molecule has 0 bridgehead atoms. The Kier molecular flexibility index (Phi) is 11.1. The van der Waals surface area contributed by atoms with Crippen LogP contribution >= 0.6 is 0 Å². The summed E-state index contributed by atoms with van der Waals surface area (Å²) >= 11 is 0. The maximum absolute atomic E-state index is 11.7. The molecule has 0 rings (SSSR count). The van der Waals surface area contributed by atoms with Crippen LogP contribution in [-0.2, 0) is 9.59 Å². The van der Waals surface area contributed by atoms with Gasteiger partial charge in [0.2, 0.25) is 5.91 Å². The van der Waals surface area contributed by atoms with E-state index in [4.69, 9.17) is 10.8 Å². The topological polar surface area (TPSA) is 92.4 Å². The number of carboxylic acid groups (broad SMARTS) is 1. The summed E-state index contributed by atoms with van der Waals surface area (Å²) in [5, 5.41) is 11.4. The molecule has 0 saturated heterocycles. The highest BCUT2D eigenvalue weighted by Crippen LogP contribution is 2.20. The van der Waals surface area contributed by atoms with E-state index < -0.39 is 5.97 Å². The van der Waals surface area contributed by atoms with Gasteiger partial charge in [-0.25, -0.2) is 0 Å². The van der Waals surface area contributed by atoms with Crippen molar-refractivity contribution in [2.45, 2.75) is 58.8 Å². The van der Waals surface area contributed by atoms with E-state index >= 15 is 0 Å². The van der Waals surface area contributed by atoms with E-state index in [-0.39, 0.29) is 12.3 Å². The minimum absolute atomic E-state index is 0.0888. The minimum atomic E-state index is -0.756. The second kappa shape index (κ2) is 11.7. The molecule has 0 aromatic rings. The van der Waals surface area contributed by atoms with E-state index in [9.17, 15) is 9.59 Å². The average Bonchev–Trinajstić information content (AvgIpc) is 2.37. The predicted molar refractivity (Wildman–Crippen MR) is 80.3 cm³/mol. The molecule has 1 unspecified atom stereocenters. The number of nitrogens with one attached hydrogen (secondary N) is 1. The summed E-state index contributed by atoms with van der Waals surface area (Å²) in [4.78, 5) is 22.0. The van der Waals surface area contributed by atoms with Gasteiger partial charge in [0.05, 0.1) is 0 Å². The van der Waals surface area contributed by atoms with E-state index in [1.54, 1.807) is 0 Å². The van der Waals surface area contributed by atoms with Crippen LogP contribution in [0.4, 0.5) is 0 Å². The van der Waals surface area contributed by atoms with Crippen LogP contribution in [0.5, 0.6) is 0 Å². The van der Waals surface area contributed by atoms with Crippen LogP contribution in [0.2, 0.25) is 0 Å². The Morgan fingerprint density at radius 2 is 1.80 bits per heavy atom. The average molecular weight is 286 g/mol. The molecule has 0 aromatic carbocycles. The third-order valence-corrected chi connectivity index (χ3v) is 3.61. The van der Waals surface area contributed by atoms with Crippen molar-refractivity contribution in [3.63, 3.8) is 0 Å². The number of carbonyl (C=O) groups is 2. The normalized spacial score (nSPS) is 12.4. The van der Waals surface area contributed by atoms with Gasteiger partial charge in [-0.15, -0.1) is 0 Å². The highest BCUT2D eigenvalue weighted by molar-refractivity contribution is 5.75. The Labute approximate surface area is 122 Å². The van der Waals surface area contributed by atoms with Crippen molar-refractivity contribution in [1.82, 2.24) is 5.32 Å². The number of unbranched alkanes of at least 4 members (excludes halogenated alkanes) is 2. The zero-order valence-corrected chi connectivity index (χ0v) is 12.9. The van der Waals surface area contributed by atoms with E-state index in [1.165, 1.54) is 0 Å². The summed E-state index contributed by atoms with van der Waals surface area (Å²) in [5.41, 5.74) is 5.58. The number of aliphatic carboxylic acids is 1. The number of carbonyl (C=O) groups excluding carboxylic acids is 1. The van der Waals surface area contributed by atoms with Gasteiger partial charge >= 0.3 is 5.97 Å². The maximum atomic E-state index is 11.7. The molecule has 0 saturated carbocycles. The summed E-state index contributed by atoms with van der Waals surface area (Å²) < 4.78 is 0. The number of nitrogens with two attached hydrogens (primary N) is 1. The minimum Gasteiger partial charge on any atom is -0.481 e. The highest BCUT2D eigenvalue weighted by Gasteiger charge is 2.14. The first-order valence-electron chi connectivity index (χ1n) is 7.66. The SMILES string of the molecule is CC(C)C(CCN)CCC(=O)NCCCCCC(=O)O. The fourth-order valence-corrected chi connectivity index (χ4v) is 2.24. The molecule has 0 aromatic heterocycles. The largest absolute Gasteiger partial charge is 0.481 e. The number of hydrogen-bond acceptors (Lipinski definition) is 3. The molecule has 0 radical (unpaired) electrons. The molecule has 1 atom stereocenters. The zero-order valence-electron chi connectivity index (χ0n) is 12.9.